The SMILES string of the molecule is COc1cc(/C=N\NC(=O)CSCc2ccccc2Br)ccc1OCc1ccccc1. The summed E-state index contributed by atoms with van der Waals surface area (Å²) >= 11 is 5.05. The van der Waals surface area contributed by atoms with E-state index in [4.69, 9.17) is 9.47 Å². The van der Waals surface area contributed by atoms with Crippen LogP contribution in [0.4, 0.5) is 0 Å². The number of nitrogens with one attached hydrogen (secondary N) is 1. The first kappa shape index (κ1) is 22.9. The minimum Gasteiger partial charge on any atom is -0.493 e. The van der Waals surface area contributed by atoms with Crippen molar-refractivity contribution in [2.75, 3.05) is 12.9 Å². The number of hydrazone groups is 1. The van der Waals surface area contributed by atoms with Crippen molar-refractivity contribution in [1.82, 2.24) is 5.43 Å². The molecule has 0 radical (unpaired) electrons. The number of carbonyl (C=O) groups excluding carboxylic acids is 1. The standard InChI is InChI=1S/C24H23BrN2O3S/c1-29-23-13-19(11-12-22(23)30-15-18-7-3-2-4-8-18)14-26-27-24(28)17-31-16-20-9-5-6-10-21(20)25/h2-14H,15-17H2,1H3,(H,27,28)/b26-14-. The molecule has 0 heterocycles. The van der Waals surface area contributed by atoms with Crippen LogP contribution >= 0.6 is 27.7 Å². The zero-order valence-corrected chi connectivity index (χ0v) is 19.5. The summed E-state index contributed by atoms with van der Waals surface area (Å²) in [6.45, 7) is 0.456. The molecule has 5 nitrogen and oxygen atoms in total. The smallest absolute Gasteiger partial charge is 0.250 e. The van der Waals surface area contributed by atoms with E-state index < -0.39 is 0 Å². The van der Waals surface area contributed by atoms with Gasteiger partial charge in [0.05, 0.1) is 19.1 Å². The van der Waals surface area contributed by atoms with Crippen LogP contribution < -0.4 is 14.9 Å². The Morgan fingerprint density at radius 3 is 2.61 bits per heavy atom. The predicted molar refractivity (Wildman–Crippen MR) is 130 cm³/mol. The van der Waals surface area contributed by atoms with E-state index in [1.165, 1.54) is 11.8 Å². The summed E-state index contributed by atoms with van der Waals surface area (Å²) in [6, 6.07) is 23.4. The van der Waals surface area contributed by atoms with Gasteiger partial charge in [0, 0.05) is 10.2 Å². The summed E-state index contributed by atoms with van der Waals surface area (Å²) in [5, 5.41) is 4.04. The monoisotopic (exact) mass is 498 g/mol. The summed E-state index contributed by atoms with van der Waals surface area (Å²) < 4.78 is 12.3. The summed E-state index contributed by atoms with van der Waals surface area (Å²) in [5.74, 6) is 2.18. The zero-order chi connectivity index (χ0) is 21.9. The molecule has 160 valence electrons. The van der Waals surface area contributed by atoms with Gasteiger partial charge >= 0.3 is 0 Å². The van der Waals surface area contributed by atoms with Crippen LogP contribution in [0.3, 0.4) is 0 Å². The van der Waals surface area contributed by atoms with Gasteiger partial charge in [0.2, 0.25) is 5.91 Å². The largest absolute Gasteiger partial charge is 0.493 e. The average Bonchev–Trinajstić information content (AvgIpc) is 2.80. The molecule has 0 aliphatic heterocycles. The number of halogens is 1. The van der Waals surface area contributed by atoms with Crippen molar-refractivity contribution in [3.05, 3.63) is 94.0 Å². The summed E-state index contributed by atoms with van der Waals surface area (Å²) in [6.07, 6.45) is 1.58. The van der Waals surface area contributed by atoms with Crippen LogP contribution in [0.2, 0.25) is 0 Å². The van der Waals surface area contributed by atoms with Gasteiger partial charge in [-0.3, -0.25) is 4.79 Å². The van der Waals surface area contributed by atoms with Gasteiger partial charge in [-0.2, -0.15) is 5.10 Å². The highest BCUT2D eigenvalue weighted by atomic mass is 79.9. The first-order chi connectivity index (χ1) is 15.2. The third kappa shape index (κ3) is 7.45. The molecule has 3 aromatic rings. The molecule has 0 bridgehead atoms. The van der Waals surface area contributed by atoms with Gasteiger partial charge in [0.25, 0.3) is 0 Å². The van der Waals surface area contributed by atoms with E-state index >= 15 is 0 Å². The third-order valence-corrected chi connectivity index (χ3v) is 6.03. The lowest BCUT2D eigenvalue weighted by atomic mass is 10.2. The highest BCUT2D eigenvalue weighted by molar-refractivity contribution is 9.10. The number of benzene rings is 3. The molecule has 0 aliphatic rings. The van der Waals surface area contributed by atoms with Crippen molar-refractivity contribution in [2.24, 2.45) is 5.10 Å². The van der Waals surface area contributed by atoms with E-state index in [0.29, 0.717) is 23.9 Å². The molecule has 0 aromatic heterocycles. The van der Waals surface area contributed by atoms with Crippen LogP contribution in [0.15, 0.2) is 82.4 Å². The van der Waals surface area contributed by atoms with Crippen molar-refractivity contribution in [3.63, 3.8) is 0 Å². The topological polar surface area (TPSA) is 59.9 Å². The van der Waals surface area contributed by atoms with Gasteiger partial charge in [-0.05, 0) is 41.0 Å². The molecule has 1 amide bonds. The molecule has 0 spiro atoms. The van der Waals surface area contributed by atoms with Crippen molar-refractivity contribution >= 4 is 39.8 Å². The fourth-order valence-electron chi connectivity index (χ4n) is 2.70. The average molecular weight is 499 g/mol. The second-order valence-electron chi connectivity index (χ2n) is 6.56. The molecule has 0 saturated carbocycles. The third-order valence-electron chi connectivity index (χ3n) is 4.28. The van der Waals surface area contributed by atoms with Gasteiger partial charge in [-0.1, -0.05) is 64.5 Å². The fourth-order valence-corrected chi connectivity index (χ4v) is 4.13. The lowest BCUT2D eigenvalue weighted by Gasteiger charge is -2.11. The number of amides is 1. The second kappa shape index (κ2) is 12.2. The lowest BCUT2D eigenvalue weighted by molar-refractivity contribution is -0.118. The van der Waals surface area contributed by atoms with Crippen molar-refractivity contribution in [1.29, 1.82) is 0 Å². The predicted octanol–water partition coefficient (Wildman–Crippen LogP) is 5.42. The molecule has 0 aliphatic carbocycles. The van der Waals surface area contributed by atoms with Crippen molar-refractivity contribution in [2.45, 2.75) is 12.4 Å². The van der Waals surface area contributed by atoms with Gasteiger partial charge < -0.3 is 9.47 Å². The summed E-state index contributed by atoms with van der Waals surface area (Å²) in [5.41, 5.74) is 5.59. The first-order valence-electron chi connectivity index (χ1n) is 9.63. The Hall–Kier alpha value is -2.77. The quantitative estimate of drug-likeness (QED) is 0.299. The van der Waals surface area contributed by atoms with Gasteiger partial charge in [0.15, 0.2) is 11.5 Å². The summed E-state index contributed by atoms with van der Waals surface area (Å²) in [7, 11) is 1.59. The Kier molecular flexibility index (Phi) is 8.99. The molecule has 7 heteroatoms. The Bertz CT molecular complexity index is 1030. The van der Waals surface area contributed by atoms with E-state index in [1.54, 1.807) is 13.3 Å². The minimum absolute atomic E-state index is 0.150. The van der Waals surface area contributed by atoms with Crippen LogP contribution in [0.5, 0.6) is 11.5 Å². The number of hydrogen-bond donors (Lipinski definition) is 1. The van der Waals surface area contributed by atoms with Crippen LogP contribution in [0.25, 0.3) is 0 Å². The van der Waals surface area contributed by atoms with E-state index in [1.807, 2.05) is 72.8 Å². The second-order valence-corrected chi connectivity index (χ2v) is 8.40. The number of methoxy groups -OCH3 is 1. The fraction of sp³-hybridized carbons (Fsp3) is 0.167. The number of ether oxygens (including phenoxy) is 2. The highest BCUT2D eigenvalue weighted by Gasteiger charge is 2.06. The number of rotatable bonds is 10. The molecule has 0 unspecified atom stereocenters. The normalized spacial score (nSPS) is 10.8. The molecular weight excluding hydrogens is 476 g/mol. The van der Waals surface area contributed by atoms with Gasteiger partial charge in [-0.25, -0.2) is 5.43 Å². The zero-order valence-electron chi connectivity index (χ0n) is 17.1. The number of hydrogen-bond acceptors (Lipinski definition) is 5. The van der Waals surface area contributed by atoms with Crippen LogP contribution in [0, 0.1) is 0 Å². The van der Waals surface area contributed by atoms with Crippen LogP contribution in [-0.4, -0.2) is 25.0 Å². The Morgan fingerprint density at radius 1 is 1.06 bits per heavy atom. The van der Waals surface area contributed by atoms with E-state index in [-0.39, 0.29) is 5.91 Å². The first-order valence-corrected chi connectivity index (χ1v) is 11.6. The Morgan fingerprint density at radius 2 is 1.84 bits per heavy atom. The molecule has 1 N–H and O–H groups in total. The van der Waals surface area contributed by atoms with Crippen LogP contribution in [-0.2, 0) is 17.2 Å². The molecule has 0 fully saturated rings. The van der Waals surface area contributed by atoms with Gasteiger partial charge in [0.1, 0.15) is 6.61 Å². The molecule has 31 heavy (non-hydrogen) atoms. The Labute approximate surface area is 195 Å². The van der Waals surface area contributed by atoms with Crippen LogP contribution in [0.1, 0.15) is 16.7 Å². The number of carbonyl (C=O) groups is 1. The maximum absolute atomic E-state index is 12.0. The van der Waals surface area contributed by atoms with Gasteiger partial charge in [-0.15, -0.1) is 11.8 Å². The molecule has 0 saturated heterocycles. The molecule has 3 rings (SSSR count). The van der Waals surface area contributed by atoms with Crippen molar-refractivity contribution in [3.8, 4) is 11.5 Å². The lowest BCUT2D eigenvalue weighted by Crippen LogP contribution is -2.19. The Balaban J connectivity index is 1.47. The summed E-state index contributed by atoms with van der Waals surface area (Å²) in [4.78, 5) is 12.0. The molecule has 0 atom stereocenters. The molecular formula is C24H23BrN2O3S. The van der Waals surface area contributed by atoms with E-state index in [9.17, 15) is 4.79 Å². The molecule has 3 aromatic carbocycles. The van der Waals surface area contributed by atoms with E-state index in [0.717, 1.165) is 26.9 Å². The maximum atomic E-state index is 12.0. The van der Waals surface area contributed by atoms with E-state index in [2.05, 4.69) is 26.5 Å². The number of thioether (sulfide) groups is 1. The maximum Gasteiger partial charge on any atom is 0.250 e. The number of nitrogens with zero attached hydrogens (tertiary/aromatic N) is 1. The van der Waals surface area contributed by atoms with Crippen molar-refractivity contribution < 1.29 is 14.3 Å². The highest BCUT2D eigenvalue weighted by Crippen LogP contribution is 2.28. The minimum atomic E-state index is -0.150.